The number of nitrogens with one attached hydrogen (secondary N) is 1. The maximum Gasteiger partial charge on any atom is 0.231 e. The predicted octanol–water partition coefficient (Wildman–Crippen LogP) is 4.09. The van der Waals surface area contributed by atoms with Crippen LogP contribution in [0.3, 0.4) is 0 Å². The predicted molar refractivity (Wildman–Crippen MR) is 117 cm³/mol. The van der Waals surface area contributed by atoms with Crippen molar-refractivity contribution in [3.63, 3.8) is 0 Å². The second-order valence-corrected chi connectivity index (χ2v) is 8.05. The van der Waals surface area contributed by atoms with Gasteiger partial charge in [-0.25, -0.2) is 0 Å². The molecule has 5 heteroatoms. The van der Waals surface area contributed by atoms with Gasteiger partial charge in [-0.15, -0.1) is 0 Å². The third-order valence-corrected chi connectivity index (χ3v) is 6.15. The molecule has 1 heterocycles. The molecule has 152 valence electrons. The van der Waals surface area contributed by atoms with E-state index in [0.717, 1.165) is 36.6 Å². The van der Waals surface area contributed by atoms with Gasteiger partial charge in [0.2, 0.25) is 11.8 Å². The van der Waals surface area contributed by atoms with Gasteiger partial charge in [-0.05, 0) is 69.5 Å². The van der Waals surface area contributed by atoms with Crippen molar-refractivity contribution in [2.45, 2.75) is 39.7 Å². The number of amides is 2. The average molecular weight is 392 g/mol. The van der Waals surface area contributed by atoms with Crippen molar-refractivity contribution in [3.05, 3.63) is 54.1 Å². The summed E-state index contributed by atoms with van der Waals surface area (Å²) in [6.45, 7) is 8.23. The van der Waals surface area contributed by atoms with Gasteiger partial charge in [0, 0.05) is 36.2 Å². The first-order valence-corrected chi connectivity index (χ1v) is 10.6. The minimum Gasteiger partial charge on any atom is -0.372 e. The molecule has 1 saturated carbocycles. The van der Waals surface area contributed by atoms with Crippen molar-refractivity contribution in [2.24, 2.45) is 11.8 Å². The molecule has 3 atom stereocenters. The van der Waals surface area contributed by atoms with Crippen LogP contribution in [0.1, 0.15) is 32.8 Å². The van der Waals surface area contributed by atoms with Gasteiger partial charge < -0.3 is 15.1 Å². The molecule has 2 aromatic rings. The molecule has 0 saturated heterocycles. The zero-order valence-electron chi connectivity index (χ0n) is 17.4. The maximum absolute atomic E-state index is 13.1. The number of hydrogen-bond acceptors (Lipinski definition) is 3. The van der Waals surface area contributed by atoms with E-state index in [1.165, 1.54) is 5.56 Å². The summed E-state index contributed by atoms with van der Waals surface area (Å²) in [5.74, 6) is -0.415. The lowest BCUT2D eigenvalue weighted by Gasteiger charge is -2.23. The molecular weight excluding hydrogens is 362 g/mol. The number of fused-ring (bicyclic) bond motifs is 1. The van der Waals surface area contributed by atoms with Crippen molar-refractivity contribution < 1.29 is 9.59 Å². The van der Waals surface area contributed by atoms with Crippen LogP contribution in [0, 0.1) is 11.8 Å². The summed E-state index contributed by atoms with van der Waals surface area (Å²) in [5.41, 5.74) is 4.14. The normalized spacial score (nSPS) is 22.2. The lowest BCUT2D eigenvalue weighted by molar-refractivity contribution is -0.123. The van der Waals surface area contributed by atoms with E-state index in [2.05, 4.69) is 37.1 Å². The van der Waals surface area contributed by atoms with E-state index >= 15 is 0 Å². The van der Waals surface area contributed by atoms with Crippen molar-refractivity contribution in [1.82, 2.24) is 0 Å². The molecule has 2 amide bonds. The highest BCUT2D eigenvalue weighted by Crippen LogP contribution is 2.44. The molecule has 0 bridgehead atoms. The minimum absolute atomic E-state index is 0.0564. The molecule has 29 heavy (non-hydrogen) atoms. The van der Waals surface area contributed by atoms with Gasteiger partial charge in [0.05, 0.1) is 11.8 Å². The van der Waals surface area contributed by atoms with E-state index in [1.54, 1.807) is 0 Å². The summed E-state index contributed by atoms with van der Waals surface area (Å²) in [6, 6.07) is 16.1. The largest absolute Gasteiger partial charge is 0.372 e. The van der Waals surface area contributed by atoms with Gasteiger partial charge in [0.15, 0.2) is 0 Å². The van der Waals surface area contributed by atoms with Crippen LogP contribution in [0.25, 0.3) is 0 Å². The summed E-state index contributed by atoms with van der Waals surface area (Å²) >= 11 is 0. The van der Waals surface area contributed by atoms with Crippen molar-refractivity contribution in [2.75, 3.05) is 28.2 Å². The summed E-state index contributed by atoms with van der Waals surface area (Å²) in [7, 11) is 0. The third kappa shape index (κ3) is 3.74. The first-order valence-electron chi connectivity index (χ1n) is 10.6. The number of carbonyl (C=O) groups is 2. The van der Waals surface area contributed by atoms with Gasteiger partial charge in [-0.2, -0.15) is 0 Å². The Morgan fingerprint density at radius 3 is 2.41 bits per heavy atom. The third-order valence-electron chi connectivity index (χ3n) is 6.15. The van der Waals surface area contributed by atoms with Crippen molar-refractivity contribution >= 4 is 28.9 Å². The molecule has 5 nitrogen and oxygen atoms in total. The first-order chi connectivity index (χ1) is 14.0. The molecule has 0 spiro atoms. The monoisotopic (exact) mass is 391 g/mol. The second kappa shape index (κ2) is 7.90. The first kappa shape index (κ1) is 19.5. The average Bonchev–Trinajstić information content (AvgIpc) is 3.46. The number of hydrogen-bond donors (Lipinski definition) is 1. The van der Waals surface area contributed by atoms with Crippen LogP contribution in [-0.2, 0) is 16.0 Å². The number of nitrogens with zero attached hydrogens (tertiary/aromatic N) is 2. The van der Waals surface area contributed by atoms with Crippen LogP contribution < -0.4 is 15.1 Å². The topological polar surface area (TPSA) is 52.7 Å². The molecule has 0 radical (unpaired) electrons. The number of rotatable bonds is 6. The van der Waals surface area contributed by atoms with Crippen molar-refractivity contribution in [1.29, 1.82) is 0 Å². The minimum atomic E-state index is -0.232. The van der Waals surface area contributed by atoms with Crippen LogP contribution in [-0.4, -0.2) is 30.9 Å². The fourth-order valence-corrected chi connectivity index (χ4v) is 4.42. The highest BCUT2D eigenvalue weighted by Gasteiger charge is 2.51. The molecular formula is C24H29N3O2. The molecule has 1 fully saturated rings. The SMILES string of the molecule is CCN(CC)c1ccc(NC(=O)C2CC2C(=O)N2c3ccccc3CC2C)cc1. The van der Waals surface area contributed by atoms with Gasteiger partial charge in [-0.3, -0.25) is 9.59 Å². The fourth-order valence-electron chi connectivity index (χ4n) is 4.42. The Hall–Kier alpha value is -2.82. The van der Waals surface area contributed by atoms with Gasteiger partial charge in [0.1, 0.15) is 0 Å². The van der Waals surface area contributed by atoms with E-state index in [9.17, 15) is 9.59 Å². The maximum atomic E-state index is 13.1. The molecule has 0 aromatic heterocycles. The Bertz CT molecular complexity index is 905. The van der Waals surface area contributed by atoms with Crippen LogP contribution in [0.15, 0.2) is 48.5 Å². The van der Waals surface area contributed by atoms with E-state index in [0.29, 0.717) is 6.42 Å². The lowest BCUT2D eigenvalue weighted by Crippen LogP contribution is -2.37. The van der Waals surface area contributed by atoms with E-state index in [-0.39, 0.29) is 29.7 Å². The van der Waals surface area contributed by atoms with Crippen molar-refractivity contribution in [3.8, 4) is 0 Å². The fraction of sp³-hybridized carbons (Fsp3) is 0.417. The van der Waals surface area contributed by atoms with Gasteiger partial charge in [0.25, 0.3) is 0 Å². The molecule has 1 N–H and O–H groups in total. The van der Waals surface area contributed by atoms with Crippen LogP contribution in [0.5, 0.6) is 0 Å². The van der Waals surface area contributed by atoms with Gasteiger partial charge >= 0.3 is 0 Å². The zero-order chi connectivity index (χ0) is 20.5. The lowest BCUT2D eigenvalue weighted by atomic mass is 10.1. The summed E-state index contributed by atoms with van der Waals surface area (Å²) in [4.78, 5) is 29.9. The smallest absolute Gasteiger partial charge is 0.231 e. The number of benzene rings is 2. The zero-order valence-corrected chi connectivity index (χ0v) is 17.4. The number of anilines is 3. The summed E-state index contributed by atoms with van der Waals surface area (Å²) in [6.07, 6.45) is 1.51. The van der Waals surface area contributed by atoms with E-state index < -0.39 is 0 Å². The molecule has 1 aliphatic heterocycles. The molecule has 1 aliphatic carbocycles. The van der Waals surface area contributed by atoms with Crippen LogP contribution in [0.4, 0.5) is 17.1 Å². The highest BCUT2D eigenvalue weighted by atomic mass is 16.2. The molecule has 3 unspecified atom stereocenters. The van der Waals surface area contributed by atoms with Crippen LogP contribution >= 0.6 is 0 Å². The Morgan fingerprint density at radius 2 is 1.72 bits per heavy atom. The Labute approximate surface area is 172 Å². The Kier molecular flexibility index (Phi) is 5.31. The van der Waals surface area contributed by atoms with E-state index in [1.807, 2.05) is 47.4 Å². The molecule has 4 rings (SSSR count). The Morgan fingerprint density at radius 1 is 1.03 bits per heavy atom. The number of para-hydroxylation sites is 1. The number of carbonyl (C=O) groups excluding carboxylic acids is 2. The molecule has 2 aromatic carbocycles. The standard InChI is InChI=1S/C24H29N3O2/c1-4-26(5-2)19-12-10-18(11-13-19)25-23(28)20-15-21(20)24(29)27-16(3)14-17-8-6-7-9-22(17)27/h6-13,16,20-21H,4-5,14-15H2,1-3H3,(H,25,28). The Balaban J connectivity index is 1.38. The van der Waals surface area contributed by atoms with E-state index in [4.69, 9.17) is 0 Å². The highest BCUT2D eigenvalue weighted by molar-refractivity contribution is 6.05. The summed E-state index contributed by atoms with van der Waals surface area (Å²) < 4.78 is 0. The second-order valence-electron chi connectivity index (χ2n) is 8.05. The quantitative estimate of drug-likeness (QED) is 0.807. The van der Waals surface area contributed by atoms with Crippen LogP contribution in [0.2, 0.25) is 0 Å². The van der Waals surface area contributed by atoms with Gasteiger partial charge in [-0.1, -0.05) is 18.2 Å². The summed E-state index contributed by atoms with van der Waals surface area (Å²) in [5, 5.41) is 2.98. The molecule has 2 aliphatic rings.